The number of fused-ring (bicyclic) bond motifs is 1. The lowest BCUT2D eigenvalue weighted by molar-refractivity contribution is 0.0718. The normalized spacial score (nSPS) is 15.2. The zero-order chi connectivity index (χ0) is 18.8. The Hall–Kier alpha value is -3.16. The number of nitrogen functional groups attached to an aromatic ring is 1. The highest BCUT2D eigenvalue weighted by Crippen LogP contribution is 2.20. The minimum absolute atomic E-state index is 0.00898. The zero-order valence-corrected chi connectivity index (χ0v) is 15.3. The van der Waals surface area contributed by atoms with Gasteiger partial charge in [-0.25, -0.2) is 15.0 Å². The van der Waals surface area contributed by atoms with Crippen molar-refractivity contribution in [3.05, 3.63) is 42.2 Å². The number of hydrogen-bond donors (Lipinski definition) is 2. The van der Waals surface area contributed by atoms with Crippen molar-refractivity contribution in [1.29, 1.82) is 0 Å². The number of carbonyl (C=O) groups excluding carboxylic acids is 1. The first kappa shape index (κ1) is 17.3. The van der Waals surface area contributed by atoms with Gasteiger partial charge in [0.2, 0.25) is 5.95 Å². The van der Waals surface area contributed by atoms with Gasteiger partial charge in [0.15, 0.2) is 5.65 Å². The van der Waals surface area contributed by atoms with Crippen LogP contribution in [0.1, 0.15) is 30.1 Å². The smallest absolute Gasteiger partial charge is 0.255 e. The first-order valence-electron chi connectivity index (χ1n) is 9.24. The maximum Gasteiger partial charge on any atom is 0.255 e. The number of aromatic nitrogens is 4. The molecule has 0 aromatic carbocycles. The van der Waals surface area contributed by atoms with E-state index in [-0.39, 0.29) is 5.91 Å². The maximum atomic E-state index is 12.9. The molecule has 3 aromatic heterocycles. The number of piperidine rings is 1. The summed E-state index contributed by atoms with van der Waals surface area (Å²) in [6, 6.07) is 7.92. The molecular formula is C19H23N7O. The van der Waals surface area contributed by atoms with E-state index in [1.165, 1.54) is 0 Å². The number of likely N-dealkylation sites (tertiary alicyclic amines) is 1. The van der Waals surface area contributed by atoms with Crippen LogP contribution in [0.4, 0.5) is 11.8 Å². The van der Waals surface area contributed by atoms with Crippen LogP contribution in [-0.2, 0) is 6.54 Å². The van der Waals surface area contributed by atoms with Crippen molar-refractivity contribution in [2.75, 3.05) is 24.1 Å². The number of aryl methyl sites for hydroxylation is 1. The van der Waals surface area contributed by atoms with Gasteiger partial charge in [-0.1, -0.05) is 6.07 Å². The van der Waals surface area contributed by atoms with Crippen molar-refractivity contribution < 1.29 is 4.79 Å². The van der Waals surface area contributed by atoms with E-state index in [2.05, 4.69) is 20.3 Å². The van der Waals surface area contributed by atoms with E-state index in [0.29, 0.717) is 48.4 Å². The summed E-state index contributed by atoms with van der Waals surface area (Å²) in [6.45, 7) is 4.08. The molecule has 1 aliphatic heterocycles. The van der Waals surface area contributed by atoms with E-state index in [1.54, 1.807) is 18.5 Å². The first-order chi connectivity index (χ1) is 13.2. The Morgan fingerprint density at radius 1 is 1.30 bits per heavy atom. The third kappa shape index (κ3) is 3.42. The van der Waals surface area contributed by atoms with Crippen LogP contribution in [0.2, 0.25) is 0 Å². The molecule has 1 aliphatic rings. The van der Waals surface area contributed by atoms with Crippen molar-refractivity contribution >= 4 is 28.8 Å². The van der Waals surface area contributed by atoms with Gasteiger partial charge >= 0.3 is 0 Å². The van der Waals surface area contributed by atoms with Gasteiger partial charge in [-0.05, 0) is 38.0 Å². The molecule has 1 saturated heterocycles. The van der Waals surface area contributed by atoms with E-state index in [0.717, 1.165) is 18.7 Å². The maximum absolute atomic E-state index is 12.9. The molecule has 27 heavy (non-hydrogen) atoms. The Balaban J connectivity index is 1.42. The number of hydrogen-bond acceptors (Lipinski definition) is 6. The molecule has 8 heteroatoms. The van der Waals surface area contributed by atoms with E-state index in [9.17, 15) is 4.79 Å². The second-order valence-electron chi connectivity index (χ2n) is 6.71. The standard InChI is InChI=1S/C19H23N7O/c1-2-26-17-15(24-19(26)20)11-13(12-22-17)18(27)25-9-6-14(7-10-25)23-16-5-3-4-8-21-16/h3-5,8,11-12,14H,2,6-7,9-10H2,1H3,(H2,20,24)(H,21,23). The highest BCUT2D eigenvalue weighted by atomic mass is 16.2. The molecule has 3 N–H and O–H groups in total. The van der Waals surface area contributed by atoms with Crippen LogP contribution in [0.3, 0.4) is 0 Å². The van der Waals surface area contributed by atoms with Gasteiger partial charge in [0.1, 0.15) is 11.3 Å². The number of nitrogens with one attached hydrogen (secondary N) is 1. The lowest BCUT2D eigenvalue weighted by atomic mass is 10.0. The Bertz CT molecular complexity index is 945. The van der Waals surface area contributed by atoms with Crippen molar-refractivity contribution in [3.63, 3.8) is 0 Å². The Morgan fingerprint density at radius 3 is 2.81 bits per heavy atom. The van der Waals surface area contributed by atoms with E-state index in [1.807, 2.05) is 34.6 Å². The molecule has 0 spiro atoms. The molecule has 3 aromatic rings. The summed E-state index contributed by atoms with van der Waals surface area (Å²) in [7, 11) is 0. The van der Waals surface area contributed by atoms with Crippen LogP contribution in [0.15, 0.2) is 36.7 Å². The SMILES string of the molecule is CCn1c(N)nc2cc(C(=O)N3CCC(Nc4ccccn4)CC3)cnc21. The number of nitrogens with zero attached hydrogens (tertiary/aromatic N) is 5. The summed E-state index contributed by atoms with van der Waals surface area (Å²) in [5, 5.41) is 3.43. The lowest BCUT2D eigenvalue weighted by Crippen LogP contribution is -2.42. The van der Waals surface area contributed by atoms with Crippen LogP contribution < -0.4 is 11.1 Å². The van der Waals surface area contributed by atoms with Crippen molar-refractivity contribution in [2.24, 2.45) is 0 Å². The average Bonchev–Trinajstić information content (AvgIpc) is 3.03. The minimum Gasteiger partial charge on any atom is -0.369 e. The molecule has 140 valence electrons. The highest BCUT2D eigenvalue weighted by molar-refractivity contribution is 5.96. The van der Waals surface area contributed by atoms with Crippen molar-refractivity contribution in [1.82, 2.24) is 24.4 Å². The largest absolute Gasteiger partial charge is 0.369 e. The van der Waals surface area contributed by atoms with E-state index < -0.39 is 0 Å². The minimum atomic E-state index is -0.00898. The summed E-state index contributed by atoms with van der Waals surface area (Å²) in [5.41, 5.74) is 7.84. The molecule has 0 unspecified atom stereocenters. The molecule has 4 heterocycles. The van der Waals surface area contributed by atoms with Gasteiger partial charge < -0.3 is 16.0 Å². The monoisotopic (exact) mass is 365 g/mol. The molecule has 1 fully saturated rings. The Labute approximate surface area is 157 Å². The van der Waals surface area contributed by atoms with E-state index >= 15 is 0 Å². The van der Waals surface area contributed by atoms with Crippen molar-refractivity contribution in [3.8, 4) is 0 Å². The summed E-state index contributed by atoms with van der Waals surface area (Å²) in [5.74, 6) is 1.29. The fraction of sp³-hybridized carbons (Fsp3) is 0.368. The van der Waals surface area contributed by atoms with Gasteiger partial charge in [0.25, 0.3) is 5.91 Å². The molecule has 8 nitrogen and oxygen atoms in total. The number of rotatable bonds is 4. The summed E-state index contributed by atoms with van der Waals surface area (Å²) in [4.78, 5) is 27.8. The third-order valence-electron chi connectivity index (χ3n) is 4.98. The molecule has 1 amide bonds. The van der Waals surface area contributed by atoms with Crippen LogP contribution >= 0.6 is 0 Å². The first-order valence-corrected chi connectivity index (χ1v) is 9.24. The fourth-order valence-electron chi connectivity index (χ4n) is 3.52. The summed E-state index contributed by atoms with van der Waals surface area (Å²) >= 11 is 0. The second-order valence-corrected chi connectivity index (χ2v) is 6.71. The van der Waals surface area contributed by atoms with Crippen LogP contribution in [0, 0.1) is 0 Å². The topological polar surface area (TPSA) is 102 Å². The van der Waals surface area contributed by atoms with Crippen LogP contribution in [0.5, 0.6) is 0 Å². The van der Waals surface area contributed by atoms with Crippen molar-refractivity contribution in [2.45, 2.75) is 32.4 Å². The predicted octanol–water partition coefficient (Wildman–Crippen LogP) is 2.15. The predicted molar refractivity (Wildman–Crippen MR) is 104 cm³/mol. The van der Waals surface area contributed by atoms with Gasteiger partial charge in [-0.15, -0.1) is 0 Å². The molecular weight excluding hydrogens is 342 g/mol. The summed E-state index contributed by atoms with van der Waals surface area (Å²) < 4.78 is 1.83. The Morgan fingerprint density at radius 2 is 2.11 bits per heavy atom. The van der Waals surface area contributed by atoms with Gasteiger partial charge in [-0.2, -0.15) is 0 Å². The van der Waals surface area contributed by atoms with Crippen LogP contribution in [-0.4, -0.2) is 49.5 Å². The van der Waals surface area contributed by atoms with Crippen LogP contribution in [0.25, 0.3) is 11.2 Å². The average molecular weight is 365 g/mol. The molecule has 0 radical (unpaired) electrons. The van der Waals surface area contributed by atoms with Gasteiger partial charge in [0.05, 0.1) is 5.56 Å². The number of nitrogens with two attached hydrogens (primary N) is 1. The molecule has 4 rings (SSSR count). The molecule has 0 bridgehead atoms. The number of pyridine rings is 2. The van der Waals surface area contributed by atoms with Gasteiger partial charge in [-0.3, -0.25) is 9.36 Å². The molecule has 0 saturated carbocycles. The highest BCUT2D eigenvalue weighted by Gasteiger charge is 2.24. The van der Waals surface area contributed by atoms with Gasteiger partial charge in [0, 0.05) is 38.1 Å². The Kier molecular flexibility index (Phi) is 4.62. The number of amides is 1. The third-order valence-corrected chi connectivity index (χ3v) is 4.98. The lowest BCUT2D eigenvalue weighted by Gasteiger charge is -2.32. The number of anilines is 2. The molecule has 0 atom stereocenters. The summed E-state index contributed by atoms with van der Waals surface area (Å²) in [6.07, 6.45) is 5.16. The number of carbonyl (C=O) groups is 1. The molecule has 0 aliphatic carbocycles. The number of imidazole rings is 1. The van der Waals surface area contributed by atoms with E-state index in [4.69, 9.17) is 5.73 Å². The fourth-order valence-corrected chi connectivity index (χ4v) is 3.52. The zero-order valence-electron chi connectivity index (χ0n) is 15.3. The quantitative estimate of drug-likeness (QED) is 0.734. The second kappa shape index (κ2) is 7.22.